The van der Waals surface area contributed by atoms with Gasteiger partial charge in [-0.1, -0.05) is 72.3 Å². The van der Waals surface area contributed by atoms with Gasteiger partial charge in [0.05, 0.1) is 5.03 Å². The van der Waals surface area contributed by atoms with Crippen LogP contribution in [0.5, 0.6) is 0 Å². The zero-order valence-corrected chi connectivity index (χ0v) is 12.0. The third-order valence-corrected chi connectivity index (χ3v) is 3.97. The minimum Gasteiger partial charge on any atom is -0.362 e. The highest BCUT2D eigenvalue weighted by atomic mass is 35.5. The molecular weight excluding hydrogens is 286 g/mol. The van der Waals surface area contributed by atoms with Crippen molar-refractivity contribution in [3.63, 3.8) is 0 Å². The first-order chi connectivity index (χ1) is 10.1. The van der Waals surface area contributed by atoms with E-state index in [4.69, 9.17) is 11.6 Å². The van der Waals surface area contributed by atoms with Gasteiger partial charge in [-0.15, -0.1) is 0 Å². The minimum absolute atomic E-state index is 0.120. The predicted octanol–water partition coefficient (Wildman–Crippen LogP) is 3.00. The standard InChI is InChI=1S/C17H14ClNO2/c18-15-11-16(20)19(12-13-7-3-1-4-8-13)17(15,21)14-9-5-2-6-10-14/h1-11,21H,12H2. The fourth-order valence-corrected chi connectivity index (χ4v) is 2.80. The Morgan fingerprint density at radius 1 is 1.00 bits per heavy atom. The molecule has 1 aliphatic rings. The van der Waals surface area contributed by atoms with E-state index in [-0.39, 0.29) is 17.5 Å². The number of amides is 1. The maximum absolute atomic E-state index is 12.2. The zero-order chi connectivity index (χ0) is 14.9. The molecule has 0 saturated carbocycles. The van der Waals surface area contributed by atoms with Gasteiger partial charge in [-0.3, -0.25) is 9.69 Å². The summed E-state index contributed by atoms with van der Waals surface area (Å²) in [4.78, 5) is 13.6. The monoisotopic (exact) mass is 299 g/mol. The summed E-state index contributed by atoms with van der Waals surface area (Å²) in [5, 5.41) is 11.1. The summed E-state index contributed by atoms with van der Waals surface area (Å²) >= 11 is 6.16. The molecule has 3 nitrogen and oxygen atoms in total. The Hall–Kier alpha value is -2.10. The van der Waals surface area contributed by atoms with Crippen LogP contribution in [0.3, 0.4) is 0 Å². The molecule has 0 spiro atoms. The molecule has 1 heterocycles. The fraction of sp³-hybridized carbons (Fsp3) is 0.118. The van der Waals surface area contributed by atoms with Gasteiger partial charge in [0.25, 0.3) is 5.91 Å². The van der Waals surface area contributed by atoms with Gasteiger partial charge in [0.15, 0.2) is 0 Å². The van der Waals surface area contributed by atoms with Crippen molar-refractivity contribution in [3.8, 4) is 0 Å². The summed E-state index contributed by atoms with van der Waals surface area (Å²) in [7, 11) is 0. The number of halogens is 1. The summed E-state index contributed by atoms with van der Waals surface area (Å²) in [5.74, 6) is -0.296. The summed E-state index contributed by atoms with van der Waals surface area (Å²) in [6, 6.07) is 18.5. The van der Waals surface area contributed by atoms with Gasteiger partial charge in [0.2, 0.25) is 5.72 Å². The Balaban J connectivity index is 2.00. The molecule has 0 aliphatic carbocycles. The van der Waals surface area contributed by atoms with Crippen LogP contribution in [0.1, 0.15) is 11.1 Å². The van der Waals surface area contributed by atoms with Crippen LogP contribution in [0.25, 0.3) is 0 Å². The van der Waals surface area contributed by atoms with Gasteiger partial charge in [-0.05, 0) is 5.56 Å². The molecule has 0 radical (unpaired) electrons. The van der Waals surface area contributed by atoms with Crippen LogP contribution in [0.15, 0.2) is 71.8 Å². The highest BCUT2D eigenvalue weighted by molar-refractivity contribution is 6.33. The molecule has 1 atom stereocenters. The Morgan fingerprint density at radius 3 is 2.19 bits per heavy atom. The molecule has 1 N–H and O–H groups in total. The molecular formula is C17H14ClNO2. The van der Waals surface area contributed by atoms with Gasteiger partial charge in [-0.25, -0.2) is 0 Å². The second kappa shape index (κ2) is 5.35. The summed E-state index contributed by atoms with van der Waals surface area (Å²) in [6.45, 7) is 0.289. The van der Waals surface area contributed by atoms with Crippen molar-refractivity contribution in [1.29, 1.82) is 0 Å². The molecule has 21 heavy (non-hydrogen) atoms. The van der Waals surface area contributed by atoms with E-state index in [2.05, 4.69) is 0 Å². The van der Waals surface area contributed by atoms with E-state index in [1.807, 2.05) is 36.4 Å². The third-order valence-electron chi connectivity index (χ3n) is 3.60. The molecule has 3 rings (SSSR count). The van der Waals surface area contributed by atoms with Crippen molar-refractivity contribution in [3.05, 3.63) is 82.9 Å². The number of carbonyl (C=O) groups excluding carboxylic acids is 1. The molecule has 1 unspecified atom stereocenters. The molecule has 1 aliphatic heterocycles. The average molecular weight is 300 g/mol. The maximum Gasteiger partial charge on any atom is 0.251 e. The highest BCUT2D eigenvalue weighted by Gasteiger charge is 2.46. The topological polar surface area (TPSA) is 40.5 Å². The number of carbonyl (C=O) groups is 1. The summed E-state index contributed by atoms with van der Waals surface area (Å²) < 4.78 is 0. The first-order valence-corrected chi connectivity index (χ1v) is 7.01. The number of hydrogen-bond donors (Lipinski definition) is 1. The van der Waals surface area contributed by atoms with Crippen LogP contribution in [0.4, 0.5) is 0 Å². The first kappa shape index (κ1) is 13.9. The quantitative estimate of drug-likeness (QED) is 0.946. The van der Waals surface area contributed by atoms with Crippen LogP contribution in [-0.4, -0.2) is 15.9 Å². The predicted molar refractivity (Wildman–Crippen MR) is 81.3 cm³/mol. The normalized spacial score (nSPS) is 21.5. The van der Waals surface area contributed by atoms with E-state index in [1.54, 1.807) is 24.3 Å². The van der Waals surface area contributed by atoms with E-state index in [9.17, 15) is 9.90 Å². The minimum atomic E-state index is -1.60. The van der Waals surface area contributed by atoms with E-state index in [0.29, 0.717) is 5.56 Å². The van der Waals surface area contributed by atoms with Gasteiger partial charge >= 0.3 is 0 Å². The highest BCUT2D eigenvalue weighted by Crippen LogP contribution is 2.41. The van der Waals surface area contributed by atoms with Crippen molar-refractivity contribution < 1.29 is 9.90 Å². The number of nitrogens with zero attached hydrogens (tertiary/aromatic N) is 1. The second-order valence-corrected chi connectivity index (χ2v) is 5.35. The van der Waals surface area contributed by atoms with Crippen molar-refractivity contribution >= 4 is 17.5 Å². The second-order valence-electron chi connectivity index (χ2n) is 4.94. The molecule has 2 aromatic carbocycles. The SMILES string of the molecule is O=C1C=C(Cl)C(O)(c2ccccc2)N1Cc1ccccc1. The molecule has 106 valence electrons. The molecule has 4 heteroatoms. The van der Waals surface area contributed by atoms with E-state index >= 15 is 0 Å². The number of hydrogen-bond acceptors (Lipinski definition) is 2. The first-order valence-electron chi connectivity index (χ1n) is 6.63. The Morgan fingerprint density at radius 2 is 1.57 bits per heavy atom. The third kappa shape index (κ3) is 2.35. The van der Waals surface area contributed by atoms with E-state index < -0.39 is 5.72 Å². The Kier molecular flexibility index (Phi) is 3.53. The van der Waals surface area contributed by atoms with E-state index in [1.165, 1.54) is 11.0 Å². The van der Waals surface area contributed by atoms with Gasteiger partial charge in [0, 0.05) is 18.2 Å². The smallest absolute Gasteiger partial charge is 0.251 e. The van der Waals surface area contributed by atoms with Crippen molar-refractivity contribution in [2.24, 2.45) is 0 Å². The lowest BCUT2D eigenvalue weighted by molar-refractivity contribution is -0.144. The van der Waals surface area contributed by atoms with Gasteiger partial charge in [0.1, 0.15) is 0 Å². The molecule has 0 bridgehead atoms. The zero-order valence-electron chi connectivity index (χ0n) is 11.2. The lowest BCUT2D eigenvalue weighted by Crippen LogP contribution is -2.44. The van der Waals surface area contributed by atoms with Crippen molar-refractivity contribution in [2.45, 2.75) is 12.3 Å². The number of benzene rings is 2. The van der Waals surface area contributed by atoms with Gasteiger partial charge < -0.3 is 5.11 Å². The van der Waals surface area contributed by atoms with Crippen LogP contribution >= 0.6 is 11.6 Å². The lowest BCUT2D eigenvalue weighted by atomic mass is 10.0. The van der Waals surface area contributed by atoms with Gasteiger partial charge in [-0.2, -0.15) is 0 Å². The molecule has 0 aromatic heterocycles. The van der Waals surface area contributed by atoms with Crippen LogP contribution < -0.4 is 0 Å². The fourth-order valence-electron chi connectivity index (χ4n) is 2.50. The molecule has 0 fully saturated rings. The molecule has 2 aromatic rings. The van der Waals surface area contributed by atoms with Crippen molar-refractivity contribution in [1.82, 2.24) is 4.90 Å². The number of aliphatic hydroxyl groups is 1. The molecule has 1 amide bonds. The van der Waals surface area contributed by atoms with E-state index in [0.717, 1.165) is 5.56 Å². The summed E-state index contributed by atoms with van der Waals surface area (Å²) in [6.07, 6.45) is 1.28. The largest absolute Gasteiger partial charge is 0.362 e. The average Bonchev–Trinajstić information content (AvgIpc) is 2.74. The van der Waals surface area contributed by atoms with Crippen LogP contribution in [0.2, 0.25) is 0 Å². The Labute approximate surface area is 128 Å². The number of rotatable bonds is 3. The van der Waals surface area contributed by atoms with Crippen molar-refractivity contribution in [2.75, 3.05) is 0 Å². The Bertz CT molecular complexity index is 684. The van der Waals surface area contributed by atoms with Crippen LogP contribution in [0, 0.1) is 0 Å². The van der Waals surface area contributed by atoms with Crippen LogP contribution in [-0.2, 0) is 17.1 Å². The maximum atomic E-state index is 12.2. The lowest BCUT2D eigenvalue weighted by Gasteiger charge is -2.35. The molecule has 0 saturated heterocycles. The summed E-state index contributed by atoms with van der Waals surface area (Å²) in [5.41, 5.74) is -0.0940.